The first-order chi connectivity index (χ1) is 12.1. The number of carbonyl (C=O) groups excluding carboxylic acids is 3. The highest BCUT2D eigenvalue weighted by molar-refractivity contribution is 5.95. The van der Waals surface area contributed by atoms with E-state index in [0.717, 1.165) is 0 Å². The van der Waals surface area contributed by atoms with Crippen molar-refractivity contribution in [2.45, 2.75) is 25.3 Å². The van der Waals surface area contributed by atoms with Crippen LogP contribution in [0.2, 0.25) is 0 Å². The summed E-state index contributed by atoms with van der Waals surface area (Å²) >= 11 is 0. The number of carbonyl (C=O) groups is 3. The van der Waals surface area contributed by atoms with E-state index in [1.807, 2.05) is 6.07 Å². The van der Waals surface area contributed by atoms with Crippen LogP contribution >= 0.6 is 0 Å². The summed E-state index contributed by atoms with van der Waals surface area (Å²) in [6.45, 7) is 2.04. The van der Waals surface area contributed by atoms with Crippen LogP contribution in [0.15, 0.2) is 24.3 Å². The summed E-state index contributed by atoms with van der Waals surface area (Å²) in [5.74, 6) is -0.269. The Morgan fingerprint density at radius 1 is 1.16 bits per heavy atom. The number of hydrogen-bond donors (Lipinski definition) is 1. The van der Waals surface area contributed by atoms with Crippen LogP contribution in [0.4, 0.5) is 0 Å². The molecule has 2 fully saturated rings. The van der Waals surface area contributed by atoms with Crippen molar-refractivity contribution in [1.29, 1.82) is 5.26 Å². The lowest BCUT2D eigenvalue weighted by Crippen LogP contribution is -2.46. The molecule has 0 saturated carbocycles. The third kappa shape index (κ3) is 3.79. The van der Waals surface area contributed by atoms with E-state index in [1.165, 1.54) is 0 Å². The highest BCUT2D eigenvalue weighted by atomic mass is 16.2. The summed E-state index contributed by atoms with van der Waals surface area (Å²) in [6.07, 6.45) is 1.62. The van der Waals surface area contributed by atoms with E-state index in [9.17, 15) is 14.4 Å². The van der Waals surface area contributed by atoms with Gasteiger partial charge in [-0.25, -0.2) is 0 Å². The molecule has 25 heavy (non-hydrogen) atoms. The first kappa shape index (κ1) is 17.0. The van der Waals surface area contributed by atoms with Gasteiger partial charge in [0.15, 0.2) is 0 Å². The Morgan fingerprint density at radius 2 is 1.92 bits per heavy atom. The zero-order valence-corrected chi connectivity index (χ0v) is 13.9. The molecule has 0 aromatic heterocycles. The number of hydrogen-bond acceptors (Lipinski definition) is 4. The SMILES string of the molecule is N#Cc1cccc(C(=O)N2CCCN(C(=O)C3CCC(=O)N3)CC2)c1. The number of amides is 3. The summed E-state index contributed by atoms with van der Waals surface area (Å²) in [5.41, 5.74) is 0.941. The molecule has 1 unspecified atom stereocenters. The van der Waals surface area contributed by atoms with Crippen LogP contribution in [0, 0.1) is 11.3 Å². The van der Waals surface area contributed by atoms with Gasteiger partial charge in [-0.2, -0.15) is 5.26 Å². The molecule has 2 aliphatic rings. The van der Waals surface area contributed by atoms with Crippen LogP contribution in [-0.4, -0.2) is 59.7 Å². The van der Waals surface area contributed by atoms with Crippen LogP contribution < -0.4 is 5.32 Å². The molecule has 7 nitrogen and oxygen atoms in total. The minimum Gasteiger partial charge on any atom is -0.344 e. The standard InChI is InChI=1S/C18H20N4O3/c19-12-13-3-1-4-14(11-13)17(24)21-7-2-8-22(10-9-21)18(25)15-5-6-16(23)20-15/h1,3-4,11,15H,2,5-10H2,(H,20,23). The Balaban J connectivity index is 1.63. The highest BCUT2D eigenvalue weighted by Gasteiger charge is 2.32. The van der Waals surface area contributed by atoms with E-state index in [2.05, 4.69) is 5.32 Å². The Morgan fingerprint density at radius 3 is 2.64 bits per heavy atom. The highest BCUT2D eigenvalue weighted by Crippen LogP contribution is 2.14. The van der Waals surface area contributed by atoms with Crippen molar-refractivity contribution < 1.29 is 14.4 Å². The molecule has 1 atom stereocenters. The predicted octanol–water partition coefficient (Wildman–Crippen LogP) is 0.511. The minimum atomic E-state index is -0.429. The van der Waals surface area contributed by atoms with Gasteiger partial charge in [0.25, 0.3) is 5.91 Å². The van der Waals surface area contributed by atoms with Crippen molar-refractivity contribution in [3.8, 4) is 6.07 Å². The van der Waals surface area contributed by atoms with E-state index in [-0.39, 0.29) is 17.7 Å². The van der Waals surface area contributed by atoms with Gasteiger partial charge in [0.2, 0.25) is 11.8 Å². The molecule has 0 bridgehead atoms. The first-order valence-electron chi connectivity index (χ1n) is 8.46. The van der Waals surface area contributed by atoms with Crippen LogP contribution in [0.25, 0.3) is 0 Å². The van der Waals surface area contributed by atoms with Crippen LogP contribution in [0.5, 0.6) is 0 Å². The molecule has 0 radical (unpaired) electrons. The van der Waals surface area contributed by atoms with Gasteiger partial charge in [0.05, 0.1) is 11.6 Å². The third-order valence-corrected chi connectivity index (χ3v) is 4.63. The molecule has 1 N–H and O–H groups in total. The van der Waals surface area contributed by atoms with Crippen molar-refractivity contribution in [1.82, 2.24) is 15.1 Å². The van der Waals surface area contributed by atoms with Crippen molar-refractivity contribution in [2.24, 2.45) is 0 Å². The molecular weight excluding hydrogens is 320 g/mol. The van der Waals surface area contributed by atoms with E-state index >= 15 is 0 Å². The smallest absolute Gasteiger partial charge is 0.253 e. The number of benzene rings is 1. The summed E-state index contributed by atoms with van der Waals surface area (Å²) in [7, 11) is 0. The fraction of sp³-hybridized carbons (Fsp3) is 0.444. The van der Waals surface area contributed by atoms with Gasteiger partial charge in [-0.05, 0) is 31.0 Å². The fourth-order valence-electron chi connectivity index (χ4n) is 3.26. The Kier molecular flexibility index (Phi) is 4.98. The molecule has 2 heterocycles. The van der Waals surface area contributed by atoms with Crippen LogP contribution in [0.3, 0.4) is 0 Å². The zero-order chi connectivity index (χ0) is 17.8. The maximum atomic E-state index is 12.7. The first-order valence-corrected chi connectivity index (χ1v) is 8.46. The molecule has 1 aromatic rings. The average molecular weight is 340 g/mol. The van der Waals surface area contributed by atoms with E-state index in [1.54, 1.807) is 34.1 Å². The number of rotatable bonds is 2. The van der Waals surface area contributed by atoms with Crippen LogP contribution in [-0.2, 0) is 9.59 Å². The topological polar surface area (TPSA) is 93.5 Å². The summed E-state index contributed by atoms with van der Waals surface area (Å²) in [6, 6.07) is 8.25. The molecule has 2 saturated heterocycles. The van der Waals surface area contributed by atoms with Crippen molar-refractivity contribution in [3.63, 3.8) is 0 Å². The molecule has 3 rings (SSSR count). The van der Waals surface area contributed by atoms with Crippen molar-refractivity contribution >= 4 is 17.7 Å². The molecule has 130 valence electrons. The van der Waals surface area contributed by atoms with Crippen molar-refractivity contribution in [2.75, 3.05) is 26.2 Å². The molecular formula is C18H20N4O3. The van der Waals surface area contributed by atoms with Crippen LogP contribution in [0.1, 0.15) is 35.2 Å². The summed E-state index contributed by atoms with van der Waals surface area (Å²) in [5, 5.41) is 11.7. The third-order valence-electron chi connectivity index (χ3n) is 4.63. The quantitative estimate of drug-likeness (QED) is 0.849. The second-order valence-electron chi connectivity index (χ2n) is 6.32. The molecule has 0 spiro atoms. The lowest BCUT2D eigenvalue weighted by molar-refractivity contribution is -0.134. The van der Waals surface area contributed by atoms with Gasteiger partial charge in [-0.1, -0.05) is 6.07 Å². The predicted molar refractivity (Wildman–Crippen MR) is 89.4 cm³/mol. The average Bonchev–Trinajstić information content (AvgIpc) is 2.93. The lowest BCUT2D eigenvalue weighted by Gasteiger charge is -2.24. The summed E-state index contributed by atoms with van der Waals surface area (Å²) < 4.78 is 0. The Labute approximate surface area is 146 Å². The van der Waals surface area contributed by atoms with Crippen molar-refractivity contribution in [3.05, 3.63) is 35.4 Å². The molecule has 3 amide bonds. The maximum Gasteiger partial charge on any atom is 0.253 e. The Bertz CT molecular complexity index is 740. The van der Waals surface area contributed by atoms with E-state index < -0.39 is 6.04 Å². The Hall–Kier alpha value is -2.88. The molecule has 0 aliphatic carbocycles. The normalized spacial score (nSPS) is 20.6. The monoisotopic (exact) mass is 340 g/mol. The van der Waals surface area contributed by atoms with Gasteiger partial charge in [-0.3, -0.25) is 14.4 Å². The zero-order valence-electron chi connectivity index (χ0n) is 13.9. The van der Waals surface area contributed by atoms with Gasteiger partial charge in [0.1, 0.15) is 6.04 Å². The largest absolute Gasteiger partial charge is 0.344 e. The number of nitriles is 1. The van der Waals surface area contributed by atoms with Gasteiger partial charge in [-0.15, -0.1) is 0 Å². The van der Waals surface area contributed by atoms with Gasteiger partial charge in [0, 0.05) is 38.2 Å². The van der Waals surface area contributed by atoms with E-state index in [0.29, 0.717) is 56.6 Å². The summed E-state index contributed by atoms with van der Waals surface area (Å²) in [4.78, 5) is 39.9. The molecule has 1 aromatic carbocycles. The van der Waals surface area contributed by atoms with Gasteiger partial charge < -0.3 is 15.1 Å². The second-order valence-corrected chi connectivity index (χ2v) is 6.32. The minimum absolute atomic E-state index is 0.0633. The number of nitrogens with one attached hydrogen (secondary N) is 1. The maximum absolute atomic E-state index is 12.7. The number of nitrogens with zero attached hydrogens (tertiary/aromatic N) is 3. The van der Waals surface area contributed by atoms with Gasteiger partial charge >= 0.3 is 0 Å². The van der Waals surface area contributed by atoms with E-state index in [4.69, 9.17) is 5.26 Å². The second kappa shape index (κ2) is 7.34. The lowest BCUT2D eigenvalue weighted by atomic mass is 10.1. The fourth-order valence-corrected chi connectivity index (χ4v) is 3.26. The molecule has 7 heteroatoms. The molecule has 2 aliphatic heterocycles.